The number of rotatable bonds is 1. The second kappa shape index (κ2) is 5.19. The van der Waals surface area contributed by atoms with E-state index in [9.17, 15) is 4.39 Å². The molecule has 1 unspecified atom stereocenters. The number of halogens is 2. The first-order valence-electron chi connectivity index (χ1n) is 6.52. The minimum atomic E-state index is -0.277. The van der Waals surface area contributed by atoms with Gasteiger partial charge < -0.3 is 10.5 Å². The lowest BCUT2D eigenvalue weighted by molar-refractivity contribution is 0.161. The molecule has 2 aromatic rings. The summed E-state index contributed by atoms with van der Waals surface area (Å²) in [5.41, 5.74) is 9.15. The SMILES string of the molecule is Cc1cc(C2C[C@@H](N)c3cc(F)ccc3O2)ccc1Br. The molecule has 2 N–H and O–H groups in total. The largest absolute Gasteiger partial charge is 0.485 e. The second-order valence-corrected chi connectivity index (χ2v) is 5.99. The molecular weight excluding hydrogens is 321 g/mol. The third-order valence-electron chi connectivity index (χ3n) is 3.66. The Bertz CT molecular complexity index is 659. The van der Waals surface area contributed by atoms with Gasteiger partial charge in [0.2, 0.25) is 0 Å². The molecule has 0 radical (unpaired) electrons. The summed E-state index contributed by atoms with van der Waals surface area (Å²) in [6.07, 6.45) is 0.562. The Morgan fingerprint density at radius 2 is 2.05 bits per heavy atom. The van der Waals surface area contributed by atoms with Crippen molar-refractivity contribution in [3.63, 3.8) is 0 Å². The molecule has 20 heavy (non-hydrogen) atoms. The lowest BCUT2D eigenvalue weighted by atomic mass is 9.93. The van der Waals surface area contributed by atoms with Gasteiger partial charge in [-0.05, 0) is 42.3 Å². The van der Waals surface area contributed by atoms with Gasteiger partial charge in [-0.1, -0.05) is 28.1 Å². The zero-order chi connectivity index (χ0) is 14.3. The van der Waals surface area contributed by atoms with E-state index in [0.717, 1.165) is 21.2 Å². The van der Waals surface area contributed by atoms with Crippen molar-refractivity contribution in [3.8, 4) is 5.75 Å². The number of hydrogen-bond donors (Lipinski definition) is 1. The zero-order valence-electron chi connectivity index (χ0n) is 11.1. The molecule has 0 saturated carbocycles. The van der Waals surface area contributed by atoms with Crippen LogP contribution in [0.2, 0.25) is 0 Å². The van der Waals surface area contributed by atoms with Crippen LogP contribution in [-0.4, -0.2) is 0 Å². The van der Waals surface area contributed by atoms with Gasteiger partial charge in [-0.3, -0.25) is 0 Å². The van der Waals surface area contributed by atoms with Crippen LogP contribution in [0.4, 0.5) is 4.39 Å². The first-order valence-corrected chi connectivity index (χ1v) is 7.31. The fourth-order valence-electron chi connectivity index (χ4n) is 2.55. The van der Waals surface area contributed by atoms with E-state index in [1.54, 1.807) is 6.07 Å². The Kier molecular flexibility index (Phi) is 3.52. The lowest BCUT2D eigenvalue weighted by Crippen LogP contribution is -2.24. The average Bonchev–Trinajstić information content (AvgIpc) is 2.42. The number of nitrogens with two attached hydrogens (primary N) is 1. The fourth-order valence-corrected chi connectivity index (χ4v) is 2.79. The highest BCUT2D eigenvalue weighted by atomic mass is 79.9. The molecule has 0 aliphatic carbocycles. The van der Waals surface area contributed by atoms with Gasteiger partial charge in [0.15, 0.2) is 0 Å². The van der Waals surface area contributed by atoms with E-state index < -0.39 is 0 Å². The molecule has 0 amide bonds. The molecule has 0 aromatic heterocycles. The Labute approximate surface area is 125 Å². The molecule has 104 valence electrons. The maximum absolute atomic E-state index is 13.3. The van der Waals surface area contributed by atoms with Gasteiger partial charge in [0, 0.05) is 22.5 Å². The predicted molar refractivity (Wildman–Crippen MR) is 80.2 cm³/mol. The molecule has 1 heterocycles. The van der Waals surface area contributed by atoms with Crippen molar-refractivity contribution in [2.24, 2.45) is 5.73 Å². The van der Waals surface area contributed by atoms with Gasteiger partial charge in [0.05, 0.1) is 0 Å². The number of hydrogen-bond acceptors (Lipinski definition) is 2. The van der Waals surface area contributed by atoms with E-state index in [2.05, 4.69) is 22.0 Å². The molecule has 1 aliphatic heterocycles. The Hall–Kier alpha value is -1.39. The van der Waals surface area contributed by atoms with Gasteiger partial charge in [0.25, 0.3) is 0 Å². The first kappa shape index (κ1) is 13.6. The highest BCUT2D eigenvalue weighted by Crippen LogP contribution is 2.40. The van der Waals surface area contributed by atoms with Crippen LogP contribution in [0.25, 0.3) is 0 Å². The molecule has 0 spiro atoms. The van der Waals surface area contributed by atoms with Crippen LogP contribution in [0, 0.1) is 12.7 Å². The van der Waals surface area contributed by atoms with Gasteiger partial charge in [0.1, 0.15) is 17.7 Å². The minimum absolute atomic E-state index is 0.0882. The van der Waals surface area contributed by atoms with Crippen molar-refractivity contribution in [2.75, 3.05) is 0 Å². The Morgan fingerprint density at radius 1 is 1.25 bits per heavy atom. The van der Waals surface area contributed by atoms with Crippen molar-refractivity contribution in [1.29, 1.82) is 0 Å². The van der Waals surface area contributed by atoms with Gasteiger partial charge in [-0.2, -0.15) is 0 Å². The van der Waals surface area contributed by atoms with Crippen LogP contribution in [0.1, 0.15) is 35.3 Å². The maximum Gasteiger partial charge on any atom is 0.126 e. The molecule has 0 bridgehead atoms. The molecule has 3 rings (SSSR count). The molecule has 0 fully saturated rings. The zero-order valence-corrected chi connectivity index (χ0v) is 12.7. The normalized spacial score (nSPS) is 21.2. The van der Waals surface area contributed by atoms with E-state index in [1.165, 1.54) is 12.1 Å². The topological polar surface area (TPSA) is 35.2 Å². The van der Waals surface area contributed by atoms with Gasteiger partial charge >= 0.3 is 0 Å². The van der Waals surface area contributed by atoms with E-state index >= 15 is 0 Å². The van der Waals surface area contributed by atoms with Crippen molar-refractivity contribution in [3.05, 3.63) is 63.4 Å². The van der Waals surface area contributed by atoms with Gasteiger partial charge in [-0.25, -0.2) is 4.39 Å². The number of fused-ring (bicyclic) bond motifs is 1. The van der Waals surface area contributed by atoms with Crippen molar-refractivity contribution >= 4 is 15.9 Å². The van der Waals surface area contributed by atoms with Gasteiger partial charge in [-0.15, -0.1) is 0 Å². The Morgan fingerprint density at radius 3 is 2.80 bits per heavy atom. The molecule has 2 aromatic carbocycles. The predicted octanol–water partition coefficient (Wildman–Crippen LogP) is 4.42. The quantitative estimate of drug-likeness (QED) is 0.837. The van der Waals surface area contributed by atoms with E-state index in [1.807, 2.05) is 19.1 Å². The van der Waals surface area contributed by atoms with Crippen LogP contribution in [0.3, 0.4) is 0 Å². The highest BCUT2D eigenvalue weighted by molar-refractivity contribution is 9.10. The fraction of sp³-hybridized carbons (Fsp3) is 0.250. The van der Waals surface area contributed by atoms with Crippen molar-refractivity contribution in [1.82, 2.24) is 0 Å². The molecule has 0 saturated heterocycles. The number of benzene rings is 2. The summed E-state index contributed by atoms with van der Waals surface area (Å²) < 4.78 is 20.3. The van der Waals surface area contributed by atoms with E-state index in [0.29, 0.717) is 12.2 Å². The summed E-state index contributed by atoms with van der Waals surface area (Å²) >= 11 is 3.49. The van der Waals surface area contributed by atoms with Crippen LogP contribution in [0.5, 0.6) is 5.75 Å². The first-order chi connectivity index (χ1) is 9.54. The molecule has 2 nitrogen and oxygen atoms in total. The molecule has 1 aliphatic rings. The average molecular weight is 336 g/mol. The van der Waals surface area contributed by atoms with Crippen LogP contribution in [-0.2, 0) is 0 Å². The third kappa shape index (κ3) is 2.45. The molecule has 4 heteroatoms. The maximum atomic E-state index is 13.3. The smallest absolute Gasteiger partial charge is 0.126 e. The minimum Gasteiger partial charge on any atom is -0.485 e. The molecule has 2 atom stereocenters. The van der Waals surface area contributed by atoms with Crippen LogP contribution in [0.15, 0.2) is 40.9 Å². The number of ether oxygens (including phenoxy) is 1. The standard InChI is InChI=1S/C16H15BrFNO/c1-9-6-10(2-4-13(9)17)16-8-14(19)12-7-11(18)3-5-15(12)20-16/h2-7,14,16H,8,19H2,1H3/t14-,16?/m1/s1. The summed E-state index contributed by atoms with van der Waals surface area (Å²) in [6.45, 7) is 2.04. The van der Waals surface area contributed by atoms with Crippen LogP contribution >= 0.6 is 15.9 Å². The monoisotopic (exact) mass is 335 g/mol. The third-order valence-corrected chi connectivity index (χ3v) is 4.55. The summed E-state index contributed by atoms with van der Waals surface area (Å²) in [7, 11) is 0. The highest BCUT2D eigenvalue weighted by Gasteiger charge is 2.27. The number of aryl methyl sites for hydroxylation is 1. The van der Waals surface area contributed by atoms with Crippen molar-refractivity contribution in [2.45, 2.75) is 25.5 Å². The lowest BCUT2D eigenvalue weighted by Gasteiger charge is -2.30. The molecular formula is C16H15BrFNO. The summed E-state index contributed by atoms with van der Waals surface area (Å²) in [4.78, 5) is 0. The summed E-state index contributed by atoms with van der Waals surface area (Å²) in [5, 5.41) is 0. The van der Waals surface area contributed by atoms with E-state index in [4.69, 9.17) is 10.5 Å². The summed E-state index contributed by atoms with van der Waals surface area (Å²) in [6, 6.07) is 10.5. The Balaban J connectivity index is 1.94. The summed E-state index contributed by atoms with van der Waals surface area (Å²) in [5.74, 6) is 0.399. The van der Waals surface area contributed by atoms with Crippen LogP contribution < -0.4 is 10.5 Å². The van der Waals surface area contributed by atoms with Crippen molar-refractivity contribution < 1.29 is 9.13 Å². The van der Waals surface area contributed by atoms with E-state index in [-0.39, 0.29) is 18.0 Å². The second-order valence-electron chi connectivity index (χ2n) is 5.14.